The van der Waals surface area contributed by atoms with Crippen molar-refractivity contribution < 1.29 is 29.0 Å². The van der Waals surface area contributed by atoms with Crippen LogP contribution in [0.4, 0.5) is 10.5 Å². The number of nitrogens with one attached hydrogen (secondary N) is 1. The van der Waals surface area contributed by atoms with Crippen molar-refractivity contribution in [1.29, 1.82) is 0 Å². The van der Waals surface area contributed by atoms with Gasteiger partial charge in [-0.25, -0.2) is 9.69 Å². The van der Waals surface area contributed by atoms with Crippen molar-refractivity contribution in [1.82, 2.24) is 5.32 Å². The number of nitrogens with zero attached hydrogens (tertiary/aromatic N) is 1. The van der Waals surface area contributed by atoms with Crippen LogP contribution in [0.25, 0.3) is 6.08 Å². The number of anilines is 1. The van der Waals surface area contributed by atoms with Crippen LogP contribution in [-0.2, 0) is 9.59 Å². The van der Waals surface area contributed by atoms with Crippen molar-refractivity contribution in [3.8, 4) is 17.2 Å². The summed E-state index contributed by atoms with van der Waals surface area (Å²) in [6.07, 6.45) is 1.31. The van der Waals surface area contributed by atoms with E-state index in [9.17, 15) is 19.5 Å². The quantitative estimate of drug-likeness (QED) is 0.621. The number of barbiturate groups is 1. The summed E-state index contributed by atoms with van der Waals surface area (Å²) >= 11 is 0. The Morgan fingerprint density at radius 3 is 2.21 bits per heavy atom. The van der Waals surface area contributed by atoms with Crippen LogP contribution in [0.1, 0.15) is 11.1 Å². The predicted octanol–water partition coefficient (Wildman–Crippen LogP) is 2.38. The maximum Gasteiger partial charge on any atom is 0.335 e. The van der Waals surface area contributed by atoms with E-state index >= 15 is 0 Å². The molecule has 8 heteroatoms. The standard InChI is InChI=1S/C20H18N2O6/c1-11-6-4-5-7-14(11)22-19(25)13(18(24)21-20(22)26)8-12-9-15(27-2)17(23)16(10-12)28-3/h4-10,23H,1-3H3,(H,21,24,26)/b13-8-. The molecule has 0 spiro atoms. The molecule has 8 nitrogen and oxygen atoms in total. The van der Waals surface area contributed by atoms with Crippen LogP contribution in [0.15, 0.2) is 42.0 Å². The molecule has 0 saturated carbocycles. The van der Waals surface area contributed by atoms with Crippen molar-refractivity contribution >= 4 is 29.6 Å². The Hall–Kier alpha value is -3.81. The van der Waals surface area contributed by atoms with E-state index in [1.54, 1.807) is 31.2 Å². The third-order valence-corrected chi connectivity index (χ3v) is 4.27. The molecule has 0 bridgehead atoms. The normalized spacial score (nSPS) is 15.6. The highest BCUT2D eigenvalue weighted by atomic mass is 16.5. The van der Waals surface area contributed by atoms with Gasteiger partial charge in [-0.15, -0.1) is 0 Å². The van der Waals surface area contributed by atoms with Crippen LogP contribution in [0.5, 0.6) is 17.2 Å². The zero-order chi connectivity index (χ0) is 20.4. The number of hydrogen-bond acceptors (Lipinski definition) is 6. The van der Waals surface area contributed by atoms with Gasteiger partial charge in [-0.05, 0) is 42.3 Å². The van der Waals surface area contributed by atoms with Gasteiger partial charge in [-0.1, -0.05) is 18.2 Å². The van der Waals surface area contributed by atoms with Gasteiger partial charge in [0, 0.05) is 0 Å². The van der Waals surface area contributed by atoms with Crippen molar-refractivity contribution in [2.24, 2.45) is 0 Å². The molecule has 28 heavy (non-hydrogen) atoms. The number of benzene rings is 2. The number of para-hydroxylation sites is 1. The SMILES string of the molecule is COc1cc(/C=C2/C(=O)NC(=O)N(c3ccccc3C)C2=O)cc(OC)c1O. The summed E-state index contributed by atoms with van der Waals surface area (Å²) in [4.78, 5) is 38.4. The maximum absolute atomic E-state index is 12.9. The van der Waals surface area contributed by atoms with Crippen LogP contribution in [0.2, 0.25) is 0 Å². The molecule has 0 aromatic heterocycles. The molecule has 1 heterocycles. The number of amides is 4. The summed E-state index contributed by atoms with van der Waals surface area (Å²) in [5.41, 5.74) is 1.22. The zero-order valence-electron chi connectivity index (χ0n) is 15.5. The first-order chi connectivity index (χ1) is 13.4. The van der Waals surface area contributed by atoms with E-state index in [0.29, 0.717) is 16.8 Å². The molecule has 1 aliphatic heterocycles. The molecular formula is C20H18N2O6. The summed E-state index contributed by atoms with van der Waals surface area (Å²) in [7, 11) is 2.73. The number of urea groups is 1. The van der Waals surface area contributed by atoms with E-state index < -0.39 is 17.8 Å². The average Bonchev–Trinajstić information content (AvgIpc) is 2.67. The first kappa shape index (κ1) is 19.0. The van der Waals surface area contributed by atoms with Crippen LogP contribution in [0, 0.1) is 6.92 Å². The lowest BCUT2D eigenvalue weighted by Crippen LogP contribution is -2.54. The lowest BCUT2D eigenvalue weighted by atomic mass is 10.0. The summed E-state index contributed by atoms with van der Waals surface area (Å²) in [5.74, 6) is -1.55. The summed E-state index contributed by atoms with van der Waals surface area (Å²) < 4.78 is 10.2. The molecule has 0 aliphatic carbocycles. The minimum atomic E-state index is -0.817. The molecule has 2 aromatic carbocycles. The highest BCUT2D eigenvalue weighted by Gasteiger charge is 2.37. The number of carbonyl (C=O) groups excluding carboxylic acids is 3. The number of imide groups is 2. The third-order valence-electron chi connectivity index (χ3n) is 4.27. The zero-order valence-corrected chi connectivity index (χ0v) is 15.5. The highest BCUT2D eigenvalue weighted by molar-refractivity contribution is 6.39. The van der Waals surface area contributed by atoms with E-state index in [4.69, 9.17) is 9.47 Å². The number of aryl methyl sites for hydroxylation is 1. The number of aromatic hydroxyl groups is 1. The molecule has 2 N–H and O–H groups in total. The Balaban J connectivity index is 2.08. The van der Waals surface area contributed by atoms with Gasteiger partial charge in [-0.2, -0.15) is 0 Å². The smallest absolute Gasteiger partial charge is 0.335 e. The van der Waals surface area contributed by atoms with E-state index in [0.717, 1.165) is 4.90 Å². The number of phenolic OH excluding ortho intramolecular Hbond substituents is 1. The summed E-state index contributed by atoms with van der Waals surface area (Å²) in [6, 6.07) is 8.92. The molecule has 1 fully saturated rings. The first-order valence-electron chi connectivity index (χ1n) is 8.29. The fourth-order valence-corrected chi connectivity index (χ4v) is 2.85. The molecule has 0 atom stereocenters. The van der Waals surface area contributed by atoms with E-state index in [1.807, 2.05) is 0 Å². The van der Waals surface area contributed by atoms with Gasteiger partial charge in [-0.3, -0.25) is 14.9 Å². The van der Waals surface area contributed by atoms with Gasteiger partial charge in [0.15, 0.2) is 11.5 Å². The van der Waals surface area contributed by atoms with Gasteiger partial charge in [0.05, 0.1) is 19.9 Å². The maximum atomic E-state index is 12.9. The molecule has 4 amide bonds. The highest BCUT2D eigenvalue weighted by Crippen LogP contribution is 2.38. The second-order valence-electron chi connectivity index (χ2n) is 6.02. The average molecular weight is 382 g/mol. The molecule has 0 unspecified atom stereocenters. The first-order valence-corrected chi connectivity index (χ1v) is 8.29. The third kappa shape index (κ3) is 3.27. The monoisotopic (exact) mass is 382 g/mol. The largest absolute Gasteiger partial charge is 0.502 e. The molecule has 2 aromatic rings. The van der Waals surface area contributed by atoms with Crippen molar-refractivity contribution in [2.75, 3.05) is 19.1 Å². The van der Waals surface area contributed by atoms with E-state index in [1.165, 1.54) is 32.4 Å². The summed E-state index contributed by atoms with van der Waals surface area (Å²) in [6.45, 7) is 1.76. The van der Waals surface area contributed by atoms with Crippen LogP contribution in [-0.4, -0.2) is 37.2 Å². The lowest BCUT2D eigenvalue weighted by molar-refractivity contribution is -0.122. The molecule has 3 rings (SSSR count). The fourth-order valence-electron chi connectivity index (χ4n) is 2.85. The van der Waals surface area contributed by atoms with Crippen molar-refractivity contribution in [3.63, 3.8) is 0 Å². The number of hydrogen-bond donors (Lipinski definition) is 2. The summed E-state index contributed by atoms with van der Waals surface area (Å²) in [5, 5.41) is 12.2. The molecule has 1 saturated heterocycles. The number of phenols is 1. The van der Waals surface area contributed by atoms with E-state index in [2.05, 4.69) is 5.32 Å². The minimum absolute atomic E-state index is 0.113. The van der Waals surface area contributed by atoms with Crippen molar-refractivity contribution in [2.45, 2.75) is 6.92 Å². The number of methoxy groups -OCH3 is 2. The van der Waals surface area contributed by atoms with Crippen LogP contribution < -0.4 is 19.7 Å². The number of rotatable bonds is 4. The topological polar surface area (TPSA) is 105 Å². The second kappa shape index (κ2) is 7.43. The second-order valence-corrected chi connectivity index (χ2v) is 6.02. The fraction of sp³-hybridized carbons (Fsp3) is 0.150. The molecule has 0 radical (unpaired) electrons. The molecule has 1 aliphatic rings. The van der Waals surface area contributed by atoms with Gasteiger partial charge in [0.25, 0.3) is 11.8 Å². The van der Waals surface area contributed by atoms with Gasteiger partial charge in [0.1, 0.15) is 5.57 Å². The van der Waals surface area contributed by atoms with Crippen molar-refractivity contribution in [3.05, 3.63) is 53.1 Å². The predicted molar refractivity (Wildman–Crippen MR) is 101 cm³/mol. The Morgan fingerprint density at radius 2 is 1.64 bits per heavy atom. The Morgan fingerprint density at radius 1 is 1.04 bits per heavy atom. The molecule has 144 valence electrons. The lowest BCUT2D eigenvalue weighted by Gasteiger charge is -2.27. The minimum Gasteiger partial charge on any atom is -0.502 e. The Labute approximate surface area is 161 Å². The van der Waals surface area contributed by atoms with Gasteiger partial charge in [0.2, 0.25) is 5.75 Å². The van der Waals surface area contributed by atoms with Gasteiger partial charge >= 0.3 is 6.03 Å². The van der Waals surface area contributed by atoms with Gasteiger partial charge < -0.3 is 14.6 Å². The molecular weight excluding hydrogens is 364 g/mol. The Kier molecular flexibility index (Phi) is 5.04. The Bertz CT molecular complexity index is 987. The number of ether oxygens (including phenoxy) is 2. The number of carbonyl (C=O) groups is 3. The van der Waals surface area contributed by atoms with E-state index in [-0.39, 0.29) is 22.8 Å². The van der Waals surface area contributed by atoms with Crippen LogP contribution in [0.3, 0.4) is 0 Å². The van der Waals surface area contributed by atoms with Crippen LogP contribution >= 0.6 is 0 Å².